The second-order valence-electron chi connectivity index (χ2n) is 3.86. The van der Waals surface area contributed by atoms with Gasteiger partial charge >= 0.3 is 49.3 Å². The van der Waals surface area contributed by atoms with Gasteiger partial charge in [-0.3, -0.25) is 10.8 Å². The molecule has 0 atom stereocenters. The van der Waals surface area contributed by atoms with Crippen LogP contribution in [0, 0.1) is 10.8 Å². The molecule has 0 rings (SSSR count). The smallest absolute Gasteiger partial charge is 0.736 e. The van der Waals surface area contributed by atoms with E-state index in [-0.39, 0.29) is 29.6 Å². The van der Waals surface area contributed by atoms with Crippen molar-refractivity contribution in [2.45, 2.75) is 0 Å². The molecule has 0 aliphatic rings. The van der Waals surface area contributed by atoms with Gasteiger partial charge in [0, 0.05) is 14.1 Å². The van der Waals surface area contributed by atoms with E-state index < -0.39 is 44.8 Å². The van der Waals surface area contributed by atoms with Gasteiger partial charge in [-0.1, -0.05) is 0 Å². The Morgan fingerprint density at radius 2 is 1.32 bits per heavy atom. The van der Waals surface area contributed by atoms with Crippen LogP contribution >= 0.6 is 7.82 Å². The van der Waals surface area contributed by atoms with Crippen LogP contribution in [-0.4, -0.2) is 60.8 Å². The standard InChI is InChI=1S/C8H17N6O6P.Na/c1-13(7(9)10)3-5(15)19-21(17,18)20-6(16)4-14(2)8(11)12;/h3-4H2,1-2H3,(H3,9,10)(H3,11,12)(H,17,18);/q;+1/p-1. The summed E-state index contributed by atoms with van der Waals surface area (Å²) in [6.07, 6.45) is 0. The fraction of sp³-hybridized carbons (Fsp3) is 0.500. The fourth-order valence-electron chi connectivity index (χ4n) is 0.883. The number of likely N-dealkylation sites (N-methyl/N-ethyl adjacent to an activating group) is 2. The van der Waals surface area contributed by atoms with Crippen LogP contribution in [0.15, 0.2) is 0 Å². The van der Waals surface area contributed by atoms with Crippen molar-refractivity contribution < 1.29 is 57.7 Å². The van der Waals surface area contributed by atoms with Crippen molar-refractivity contribution in [2.24, 2.45) is 11.5 Å². The third-order valence-electron chi connectivity index (χ3n) is 1.98. The van der Waals surface area contributed by atoms with Crippen molar-refractivity contribution in [2.75, 3.05) is 27.2 Å². The molecule has 0 unspecified atom stereocenters. The molecule has 0 aromatic rings. The van der Waals surface area contributed by atoms with Crippen LogP contribution in [0.2, 0.25) is 0 Å². The van der Waals surface area contributed by atoms with Crippen LogP contribution in [0.1, 0.15) is 0 Å². The quantitative estimate of drug-likeness (QED) is 0.155. The van der Waals surface area contributed by atoms with Crippen LogP contribution in [0.25, 0.3) is 0 Å². The molecule has 0 aromatic carbocycles. The van der Waals surface area contributed by atoms with E-state index >= 15 is 0 Å². The molecule has 0 aliphatic carbocycles. The Bertz CT molecular complexity index is 462. The molecule has 6 N–H and O–H groups in total. The first-order valence-electron chi connectivity index (χ1n) is 5.31. The van der Waals surface area contributed by atoms with E-state index in [1.807, 2.05) is 0 Å². The van der Waals surface area contributed by atoms with Crippen LogP contribution < -0.4 is 45.9 Å². The van der Waals surface area contributed by atoms with Crippen molar-refractivity contribution >= 4 is 31.7 Å². The van der Waals surface area contributed by atoms with Crippen LogP contribution in [0.4, 0.5) is 0 Å². The molecule has 14 heteroatoms. The normalized spacial score (nSPS) is 12.1. The van der Waals surface area contributed by atoms with Crippen molar-refractivity contribution in [3.8, 4) is 0 Å². The average molecular weight is 346 g/mol. The van der Waals surface area contributed by atoms with Gasteiger partial charge in [-0.05, 0) is 0 Å². The number of nitrogens with two attached hydrogens (primary N) is 2. The minimum Gasteiger partial charge on any atom is -0.736 e. The number of carbonyl (C=O) groups is 2. The van der Waals surface area contributed by atoms with Gasteiger partial charge in [0.2, 0.25) is 0 Å². The third kappa shape index (κ3) is 9.58. The number of rotatable bonds is 6. The van der Waals surface area contributed by atoms with Crippen molar-refractivity contribution in [3.05, 3.63) is 0 Å². The molecule has 0 aromatic heterocycles. The zero-order valence-electron chi connectivity index (χ0n) is 12.4. The number of carbonyl (C=O) groups excluding carboxylic acids is 2. The molecule has 0 spiro atoms. The van der Waals surface area contributed by atoms with Gasteiger partial charge in [0.15, 0.2) is 11.9 Å². The Morgan fingerprint density at radius 3 is 1.55 bits per heavy atom. The Kier molecular flexibility index (Phi) is 10.1. The Labute approximate surface area is 148 Å². The SMILES string of the molecule is CN(CC(=O)OP(=O)([O-])OC(=O)CN(C)C(=N)N)C(=N)N.[Na+]. The molecule has 22 heavy (non-hydrogen) atoms. The number of nitrogens with zero attached hydrogens (tertiary/aromatic N) is 2. The summed E-state index contributed by atoms with van der Waals surface area (Å²) in [5.74, 6) is -3.52. The number of phosphoric acid groups is 1. The summed E-state index contributed by atoms with van der Waals surface area (Å²) >= 11 is 0. The Balaban J connectivity index is 0. The number of guanidine groups is 2. The summed E-state index contributed by atoms with van der Waals surface area (Å²) in [5.41, 5.74) is 10.1. The zero-order chi connectivity index (χ0) is 16.8. The maximum absolute atomic E-state index is 11.3. The predicted octanol–water partition coefficient (Wildman–Crippen LogP) is -5.80. The van der Waals surface area contributed by atoms with Gasteiger partial charge in [-0.25, -0.2) is 14.2 Å². The third-order valence-corrected chi connectivity index (χ3v) is 2.84. The zero-order valence-corrected chi connectivity index (χ0v) is 15.3. The van der Waals surface area contributed by atoms with E-state index in [4.69, 9.17) is 22.3 Å². The van der Waals surface area contributed by atoms with E-state index in [1.54, 1.807) is 0 Å². The van der Waals surface area contributed by atoms with Crippen LogP contribution in [0.5, 0.6) is 0 Å². The van der Waals surface area contributed by atoms with E-state index in [0.29, 0.717) is 0 Å². The maximum Gasteiger partial charge on any atom is 1.00 e. The van der Waals surface area contributed by atoms with Gasteiger partial charge < -0.3 is 35.2 Å². The molecule has 0 fully saturated rings. The topological polar surface area (TPSA) is 199 Å². The Morgan fingerprint density at radius 1 is 1.05 bits per heavy atom. The first-order chi connectivity index (χ1) is 9.44. The van der Waals surface area contributed by atoms with Gasteiger partial charge in [0.25, 0.3) is 0 Å². The second-order valence-corrected chi connectivity index (χ2v) is 5.12. The largest absolute Gasteiger partial charge is 1.00 e. The first-order valence-corrected chi connectivity index (χ1v) is 6.77. The summed E-state index contributed by atoms with van der Waals surface area (Å²) in [5, 5.41) is 14.0. The van der Waals surface area contributed by atoms with Gasteiger partial charge in [-0.15, -0.1) is 0 Å². The number of phosphoric ester groups is 1. The molecule has 12 nitrogen and oxygen atoms in total. The van der Waals surface area contributed by atoms with E-state index in [2.05, 4.69) is 9.05 Å². The molecular weight excluding hydrogens is 330 g/mol. The average Bonchev–Trinajstić information content (AvgIpc) is 2.25. The molecule has 0 saturated carbocycles. The fourth-order valence-corrected chi connectivity index (χ4v) is 1.53. The van der Waals surface area contributed by atoms with E-state index in [1.165, 1.54) is 14.1 Å². The number of nitrogens with one attached hydrogen (secondary N) is 2. The monoisotopic (exact) mass is 346 g/mol. The predicted molar refractivity (Wildman–Crippen MR) is 68.9 cm³/mol. The number of hydrogen-bond acceptors (Lipinski definition) is 8. The Hall–Kier alpha value is -1.33. The first kappa shape index (κ1) is 22.9. The number of hydrogen-bond donors (Lipinski definition) is 4. The van der Waals surface area contributed by atoms with Crippen LogP contribution in [0.3, 0.4) is 0 Å². The van der Waals surface area contributed by atoms with E-state index in [0.717, 1.165) is 9.80 Å². The van der Waals surface area contributed by atoms with Crippen LogP contribution in [-0.2, 0) is 23.2 Å². The van der Waals surface area contributed by atoms with Crippen molar-refractivity contribution in [1.82, 2.24) is 9.80 Å². The molecule has 120 valence electrons. The molecular formula is C8H16N6NaO6P. The molecule has 0 radical (unpaired) electrons. The van der Waals surface area contributed by atoms with Gasteiger partial charge in [0.1, 0.15) is 13.1 Å². The second kappa shape index (κ2) is 9.64. The minimum absolute atomic E-state index is 0. The summed E-state index contributed by atoms with van der Waals surface area (Å²) < 4.78 is 19.3. The van der Waals surface area contributed by atoms with E-state index in [9.17, 15) is 19.0 Å². The summed E-state index contributed by atoms with van der Waals surface area (Å²) in [6, 6.07) is 0. The summed E-state index contributed by atoms with van der Waals surface area (Å²) in [4.78, 5) is 35.6. The minimum atomic E-state index is -5.20. The summed E-state index contributed by atoms with van der Waals surface area (Å²) in [6.45, 7) is -1.24. The molecule has 0 aliphatic heterocycles. The maximum atomic E-state index is 11.3. The van der Waals surface area contributed by atoms with Crippen molar-refractivity contribution in [3.63, 3.8) is 0 Å². The van der Waals surface area contributed by atoms with Crippen molar-refractivity contribution in [1.29, 1.82) is 10.8 Å². The summed E-state index contributed by atoms with van der Waals surface area (Å²) in [7, 11) is -2.69. The molecule has 0 heterocycles. The molecule has 0 amide bonds. The van der Waals surface area contributed by atoms with Gasteiger partial charge in [-0.2, -0.15) is 0 Å². The molecule has 0 bridgehead atoms. The molecule has 0 saturated heterocycles. The van der Waals surface area contributed by atoms with Gasteiger partial charge in [0.05, 0.1) is 0 Å².